The van der Waals surface area contributed by atoms with Crippen molar-refractivity contribution in [2.75, 3.05) is 71.1 Å². The molecule has 13 nitrogen and oxygen atoms in total. The summed E-state index contributed by atoms with van der Waals surface area (Å²) in [6.45, 7) is 6.04. The van der Waals surface area contributed by atoms with Gasteiger partial charge < -0.3 is 30.1 Å². The summed E-state index contributed by atoms with van der Waals surface area (Å²) in [5.74, 6) is 0.118. The standard InChI is InChI=1S/C49H51FN10O3/c50-41-13-11-37(60-38-9-10-39(60)30-57(29-38)45-27-42(53-54-48(45)51)40-3-1-2-4-46(40)61)26-44(41)56-21-19-55(20-22-56)28-31-5-6-33-24-35(8-7-32(33)23-31)58-17-15-34-25-36(12-14-43(34)58)59-18-16-47(62)52-49(59)63/h1-6,11-15,17,23,25-27,35,38-39,61H,7-10,16,18-22,24,28-30H2,(H2,51,54)(H,52,62,63)/t35-,38?,39?/m0/s1. The van der Waals surface area contributed by atoms with Crippen molar-refractivity contribution in [2.24, 2.45) is 0 Å². The fourth-order valence-electron chi connectivity index (χ4n) is 10.9. The number of nitrogens with zero attached hydrogens (tertiary/aromatic N) is 8. The summed E-state index contributed by atoms with van der Waals surface area (Å²) in [7, 11) is 0. The first-order valence-corrected chi connectivity index (χ1v) is 22.3. The summed E-state index contributed by atoms with van der Waals surface area (Å²) < 4.78 is 18.0. The van der Waals surface area contributed by atoms with Crippen LogP contribution < -0.4 is 30.7 Å². The van der Waals surface area contributed by atoms with Crippen LogP contribution in [0, 0.1) is 5.82 Å². The Morgan fingerprint density at radius 2 is 1.56 bits per heavy atom. The minimum Gasteiger partial charge on any atom is -0.507 e. The molecule has 2 bridgehead atoms. The van der Waals surface area contributed by atoms with Crippen LogP contribution in [-0.2, 0) is 24.2 Å². The van der Waals surface area contributed by atoms with Crippen molar-refractivity contribution in [2.45, 2.75) is 63.2 Å². The van der Waals surface area contributed by atoms with E-state index in [-0.39, 0.29) is 35.6 Å². The van der Waals surface area contributed by atoms with Crippen LogP contribution in [-0.4, -0.2) is 94.6 Å². The SMILES string of the molecule is Nc1nnc(-c2ccccc2O)cc1N1CC2CCC(C1)N2c1ccc(F)c(N2CCN(Cc3ccc4c(c3)CC[C@H](n3ccc5cc(N6CCC(=O)NC6=O)ccc53)C4)CC2)c1. The summed E-state index contributed by atoms with van der Waals surface area (Å²) in [6.07, 6.45) is 7.59. The van der Waals surface area contributed by atoms with E-state index in [0.717, 1.165) is 106 Å². The van der Waals surface area contributed by atoms with Crippen LogP contribution >= 0.6 is 0 Å². The molecule has 4 fully saturated rings. The number of aromatic nitrogens is 3. The average Bonchev–Trinajstić information content (AvgIpc) is 3.84. The number of rotatable bonds is 8. The first-order valence-electron chi connectivity index (χ1n) is 22.3. The lowest BCUT2D eigenvalue weighted by Crippen LogP contribution is -2.54. The van der Waals surface area contributed by atoms with Crippen LogP contribution in [0.2, 0.25) is 0 Å². The number of anilines is 5. The third kappa shape index (κ3) is 7.35. The molecule has 4 aliphatic heterocycles. The first-order chi connectivity index (χ1) is 30.7. The Balaban J connectivity index is 0.712. The van der Waals surface area contributed by atoms with Crippen LogP contribution in [0.5, 0.6) is 5.75 Å². The number of amides is 3. The van der Waals surface area contributed by atoms with Gasteiger partial charge >= 0.3 is 6.03 Å². The maximum absolute atomic E-state index is 15.6. The second kappa shape index (κ2) is 15.9. The number of nitrogens with two attached hydrogens (primary N) is 1. The number of hydrogen-bond acceptors (Lipinski definition) is 10. The van der Waals surface area contributed by atoms with E-state index in [9.17, 15) is 14.7 Å². The van der Waals surface area contributed by atoms with Gasteiger partial charge in [0.1, 0.15) is 11.6 Å². The molecule has 14 heteroatoms. The molecular formula is C49H51FN10O3. The average molecular weight is 847 g/mol. The van der Waals surface area contributed by atoms with E-state index in [2.05, 4.69) is 82.3 Å². The molecule has 6 aromatic rings. The smallest absolute Gasteiger partial charge is 0.328 e. The molecule has 6 heterocycles. The summed E-state index contributed by atoms with van der Waals surface area (Å²) in [6, 6.07) is 30.4. The molecular weight excluding hydrogens is 796 g/mol. The zero-order valence-electron chi connectivity index (χ0n) is 35.2. The number of nitrogen functional groups attached to an aromatic ring is 1. The molecule has 2 unspecified atom stereocenters. The van der Waals surface area contributed by atoms with Gasteiger partial charge in [0.2, 0.25) is 5.91 Å². The number of para-hydroxylation sites is 1. The molecule has 3 atom stereocenters. The minimum absolute atomic E-state index is 0.153. The van der Waals surface area contributed by atoms with E-state index in [4.69, 9.17) is 5.73 Å². The Morgan fingerprint density at radius 3 is 2.37 bits per heavy atom. The van der Waals surface area contributed by atoms with Gasteiger partial charge in [0.05, 0.1) is 17.1 Å². The van der Waals surface area contributed by atoms with Crippen LogP contribution in [0.15, 0.2) is 97.2 Å². The van der Waals surface area contributed by atoms with Gasteiger partial charge in [-0.2, -0.15) is 0 Å². The predicted molar refractivity (Wildman–Crippen MR) is 244 cm³/mol. The van der Waals surface area contributed by atoms with Gasteiger partial charge in [-0.3, -0.25) is 19.9 Å². The second-order valence-corrected chi connectivity index (χ2v) is 17.8. The molecule has 2 aromatic heterocycles. The van der Waals surface area contributed by atoms with E-state index in [1.165, 1.54) is 16.7 Å². The molecule has 322 valence electrons. The van der Waals surface area contributed by atoms with Gasteiger partial charge in [-0.05, 0) is 109 Å². The number of carbonyl (C=O) groups excluding carboxylic acids is 2. The number of phenols is 1. The van der Waals surface area contributed by atoms with Crippen molar-refractivity contribution in [3.63, 3.8) is 0 Å². The number of phenolic OH excluding ortho intramolecular Hbond substituents is 1. The Morgan fingerprint density at radius 1 is 0.746 bits per heavy atom. The van der Waals surface area contributed by atoms with Crippen molar-refractivity contribution in [3.05, 3.63) is 120 Å². The number of aromatic hydroxyl groups is 1. The molecule has 5 aliphatic rings. The van der Waals surface area contributed by atoms with E-state index in [0.29, 0.717) is 41.8 Å². The van der Waals surface area contributed by atoms with E-state index in [1.54, 1.807) is 23.1 Å². The van der Waals surface area contributed by atoms with Crippen molar-refractivity contribution in [3.8, 4) is 17.0 Å². The monoisotopic (exact) mass is 846 g/mol. The van der Waals surface area contributed by atoms with E-state index in [1.807, 2.05) is 36.4 Å². The Bertz CT molecular complexity index is 2740. The summed E-state index contributed by atoms with van der Waals surface area (Å²) in [5, 5.41) is 22.5. The number of fused-ring (bicyclic) bond motifs is 4. The molecule has 63 heavy (non-hydrogen) atoms. The fourth-order valence-corrected chi connectivity index (χ4v) is 10.9. The highest BCUT2D eigenvalue weighted by Crippen LogP contribution is 2.41. The molecule has 4 N–H and O–H groups in total. The molecule has 0 radical (unpaired) electrons. The number of benzene rings is 4. The number of carbonyl (C=O) groups is 2. The lowest BCUT2D eigenvalue weighted by Gasteiger charge is -2.44. The summed E-state index contributed by atoms with van der Waals surface area (Å²) in [4.78, 5) is 35.2. The maximum atomic E-state index is 15.6. The Hall–Kier alpha value is -6.67. The van der Waals surface area contributed by atoms with Gasteiger partial charge in [-0.15, -0.1) is 10.2 Å². The first kappa shape index (κ1) is 39.2. The summed E-state index contributed by atoms with van der Waals surface area (Å²) in [5.41, 5.74) is 16.3. The van der Waals surface area contributed by atoms with Crippen LogP contribution in [0.25, 0.3) is 22.2 Å². The molecule has 4 aromatic carbocycles. The number of urea groups is 1. The number of imide groups is 1. The number of halogens is 1. The molecule has 11 rings (SSSR count). The van der Waals surface area contributed by atoms with Gasteiger partial charge in [-0.1, -0.05) is 30.3 Å². The second-order valence-electron chi connectivity index (χ2n) is 17.8. The minimum atomic E-state index is -0.364. The normalized spacial score (nSPS) is 21.6. The quantitative estimate of drug-likeness (QED) is 0.149. The Labute approximate surface area is 365 Å². The van der Waals surface area contributed by atoms with Crippen LogP contribution in [0.1, 0.15) is 48.4 Å². The lowest BCUT2D eigenvalue weighted by atomic mass is 9.87. The number of aryl methyl sites for hydroxylation is 1. The molecule has 1 aliphatic carbocycles. The fraction of sp³-hybridized carbons (Fsp3) is 0.347. The summed E-state index contributed by atoms with van der Waals surface area (Å²) >= 11 is 0. The molecule has 3 amide bonds. The van der Waals surface area contributed by atoms with E-state index >= 15 is 4.39 Å². The highest BCUT2D eigenvalue weighted by molar-refractivity contribution is 6.06. The largest absolute Gasteiger partial charge is 0.507 e. The van der Waals surface area contributed by atoms with Gasteiger partial charge in [0.15, 0.2) is 5.82 Å². The van der Waals surface area contributed by atoms with Gasteiger partial charge in [-0.25, -0.2) is 9.18 Å². The van der Waals surface area contributed by atoms with Gasteiger partial charge in [0, 0.05) is 111 Å². The predicted octanol–water partition coefficient (Wildman–Crippen LogP) is 6.88. The van der Waals surface area contributed by atoms with E-state index < -0.39 is 0 Å². The third-order valence-electron chi connectivity index (χ3n) is 14.1. The topological polar surface area (TPSA) is 139 Å². The van der Waals surface area contributed by atoms with Gasteiger partial charge in [0.25, 0.3) is 0 Å². The number of piperazine rings is 2. The zero-order chi connectivity index (χ0) is 42.8. The molecule has 0 spiro atoms. The molecule has 0 saturated carbocycles. The van der Waals surface area contributed by atoms with Crippen molar-refractivity contribution in [1.29, 1.82) is 0 Å². The highest BCUT2D eigenvalue weighted by atomic mass is 19.1. The molecule has 4 saturated heterocycles. The highest BCUT2D eigenvalue weighted by Gasteiger charge is 2.41. The van der Waals surface area contributed by atoms with Crippen molar-refractivity contribution in [1.82, 2.24) is 25.0 Å². The van der Waals surface area contributed by atoms with Crippen molar-refractivity contribution < 1.29 is 19.1 Å². The maximum Gasteiger partial charge on any atom is 0.328 e. The zero-order valence-corrected chi connectivity index (χ0v) is 35.2. The lowest BCUT2D eigenvalue weighted by molar-refractivity contribution is -0.120. The third-order valence-corrected chi connectivity index (χ3v) is 14.1. The number of nitrogens with one attached hydrogen (secondary N) is 1. The van der Waals surface area contributed by atoms with Crippen molar-refractivity contribution >= 4 is 51.4 Å². The van der Waals surface area contributed by atoms with Crippen LogP contribution in [0.4, 0.5) is 37.8 Å². The van der Waals surface area contributed by atoms with Crippen LogP contribution in [0.3, 0.4) is 0 Å². The Kier molecular flexibility index (Phi) is 9.90. The number of hydrogen-bond donors (Lipinski definition) is 3.